The number of amides is 1. The van der Waals surface area contributed by atoms with Crippen molar-refractivity contribution in [2.75, 3.05) is 0 Å². The molecule has 2 aliphatic heterocycles. The van der Waals surface area contributed by atoms with Crippen LogP contribution < -0.4 is 0 Å². The van der Waals surface area contributed by atoms with Gasteiger partial charge >= 0.3 is 12.1 Å². The quantitative estimate of drug-likeness (QED) is 0.760. The number of carboxylic acid groups (broad SMARTS) is 1. The number of hydrogen-bond donors (Lipinski definition) is 1. The van der Waals surface area contributed by atoms with Gasteiger partial charge in [-0.25, -0.2) is 9.59 Å². The minimum Gasteiger partial charge on any atom is -0.479 e. The highest BCUT2D eigenvalue weighted by atomic mass is 16.6. The van der Waals surface area contributed by atoms with Crippen molar-refractivity contribution in [3.05, 3.63) is 0 Å². The molecular weight excluding hydrogens is 238 g/mol. The van der Waals surface area contributed by atoms with Crippen molar-refractivity contribution in [1.82, 2.24) is 4.90 Å². The van der Waals surface area contributed by atoms with Crippen LogP contribution in [0.3, 0.4) is 0 Å². The minimum atomic E-state index is -1.38. The summed E-state index contributed by atoms with van der Waals surface area (Å²) in [5.74, 6) is -1.31. The fraction of sp³-hybridized carbons (Fsp3) is 0.750. The summed E-state index contributed by atoms with van der Waals surface area (Å²) in [6.07, 6.45) is -0.0903. The third-order valence-electron chi connectivity index (χ3n) is 3.43. The molecule has 2 fully saturated rings. The summed E-state index contributed by atoms with van der Waals surface area (Å²) in [6.45, 7) is 5.12. The summed E-state index contributed by atoms with van der Waals surface area (Å²) >= 11 is 0. The first kappa shape index (κ1) is 12.9. The van der Waals surface area contributed by atoms with Crippen LogP contribution in [0.25, 0.3) is 0 Å². The van der Waals surface area contributed by atoms with Crippen LogP contribution in [-0.2, 0) is 14.3 Å². The third-order valence-corrected chi connectivity index (χ3v) is 3.43. The second-order valence-electron chi connectivity index (χ2n) is 5.88. The highest BCUT2D eigenvalue weighted by Gasteiger charge is 2.63. The molecule has 2 saturated heterocycles. The Kier molecular flexibility index (Phi) is 2.64. The van der Waals surface area contributed by atoms with Crippen molar-refractivity contribution in [3.63, 3.8) is 0 Å². The maximum Gasteiger partial charge on any atom is 0.411 e. The van der Waals surface area contributed by atoms with Crippen molar-refractivity contribution in [1.29, 1.82) is 0 Å². The molecule has 0 aromatic heterocycles. The van der Waals surface area contributed by atoms with E-state index in [-0.39, 0.29) is 12.2 Å². The molecule has 0 spiro atoms. The first-order chi connectivity index (χ1) is 8.17. The smallest absolute Gasteiger partial charge is 0.411 e. The number of nitrogens with zero attached hydrogens (tertiary/aromatic N) is 1. The second-order valence-corrected chi connectivity index (χ2v) is 5.88. The number of Topliss-reactive ketones (excluding diaryl/α,β-unsaturated/α-hetero) is 1. The van der Waals surface area contributed by atoms with E-state index in [0.717, 1.165) is 4.90 Å². The lowest BCUT2D eigenvalue weighted by atomic mass is 9.87. The number of carbonyl (C=O) groups is 3. The van der Waals surface area contributed by atoms with Gasteiger partial charge in [0.15, 0.2) is 11.3 Å². The van der Waals surface area contributed by atoms with Gasteiger partial charge in [0, 0.05) is 6.42 Å². The lowest BCUT2D eigenvalue weighted by Gasteiger charge is -2.31. The third kappa shape index (κ3) is 1.76. The highest BCUT2D eigenvalue weighted by Crippen LogP contribution is 2.45. The van der Waals surface area contributed by atoms with Crippen molar-refractivity contribution in [3.8, 4) is 0 Å². The number of ether oxygens (including phenoxy) is 1. The molecule has 100 valence electrons. The first-order valence-corrected chi connectivity index (χ1v) is 5.96. The molecule has 2 heterocycles. The fourth-order valence-corrected chi connectivity index (χ4v) is 2.71. The van der Waals surface area contributed by atoms with Crippen molar-refractivity contribution in [2.24, 2.45) is 0 Å². The van der Waals surface area contributed by atoms with Gasteiger partial charge in [-0.1, -0.05) is 0 Å². The number of rotatable bonds is 1. The number of carboxylic acids is 1. The van der Waals surface area contributed by atoms with Crippen LogP contribution in [0.2, 0.25) is 0 Å². The summed E-state index contributed by atoms with van der Waals surface area (Å²) < 4.78 is 5.20. The molecule has 1 amide bonds. The summed E-state index contributed by atoms with van der Waals surface area (Å²) in [5.41, 5.74) is -2.09. The number of fused-ring (bicyclic) bond motifs is 2. The van der Waals surface area contributed by atoms with Gasteiger partial charge in [0.05, 0.1) is 6.04 Å². The zero-order chi connectivity index (χ0) is 13.7. The molecule has 0 aliphatic carbocycles. The monoisotopic (exact) mass is 255 g/mol. The maximum atomic E-state index is 12.1. The fourth-order valence-electron chi connectivity index (χ4n) is 2.71. The van der Waals surface area contributed by atoms with E-state index in [4.69, 9.17) is 4.74 Å². The maximum absolute atomic E-state index is 12.1. The Bertz CT molecular complexity index is 425. The molecule has 2 rings (SSSR count). The Balaban J connectivity index is 2.29. The molecule has 0 saturated carbocycles. The second kappa shape index (κ2) is 3.70. The van der Waals surface area contributed by atoms with Gasteiger partial charge < -0.3 is 9.84 Å². The van der Waals surface area contributed by atoms with Crippen LogP contribution in [0.15, 0.2) is 0 Å². The zero-order valence-corrected chi connectivity index (χ0v) is 10.7. The number of hydrogen-bond acceptors (Lipinski definition) is 4. The molecule has 1 N–H and O–H groups in total. The summed E-state index contributed by atoms with van der Waals surface area (Å²) in [7, 11) is 0. The van der Waals surface area contributed by atoms with Crippen LogP contribution in [0.4, 0.5) is 4.79 Å². The Morgan fingerprint density at radius 1 is 1.44 bits per heavy atom. The SMILES string of the molecule is CC(C)(C)OC(=O)N1[C@@H]2CC[C@@]1(C(=O)O)CC2=O. The molecule has 6 nitrogen and oxygen atoms in total. The molecule has 0 radical (unpaired) electrons. The summed E-state index contributed by atoms with van der Waals surface area (Å²) in [4.78, 5) is 36.3. The van der Waals surface area contributed by atoms with Crippen LogP contribution in [0.1, 0.15) is 40.0 Å². The largest absolute Gasteiger partial charge is 0.479 e. The standard InChI is InChI=1S/C12H17NO5/c1-11(2,3)18-10(17)13-7-4-5-12(13,9(15)16)6-8(7)14/h7H,4-6H2,1-3H3,(H,15,16)/t7-,12+/m1/s1. The molecule has 2 bridgehead atoms. The van der Waals surface area contributed by atoms with Crippen molar-refractivity contribution in [2.45, 2.75) is 57.2 Å². The van der Waals surface area contributed by atoms with Gasteiger partial charge in [-0.2, -0.15) is 0 Å². The molecule has 0 aromatic rings. The Morgan fingerprint density at radius 2 is 2.06 bits per heavy atom. The van der Waals surface area contributed by atoms with Gasteiger partial charge in [0.1, 0.15) is 5.60 Å². The van der Waals surface area contributed by atoms with Crippen LogP contribution in [-0.4, -0.2) is 45.0 Å². The first-order valence-electron chi connectivity index (χ1n) is 5.96. The van der Waals surface area contributed by atoms with Crippen LogP contribution in [0, 0.1) is 0 Å². The normalized spacial score (nSPS) is 30.7. The predicted octanol–water partition coefficient (Wildman–Crippen LogP) is 1.18. The molecule has 2 atom stereocenters. The van der Waals surface area contributed by atoms with E-state index >= 15 is 0 Å². The van der Waals surface area contributed by atoms with Crippen LogP contribution >= 0.6 is 0 Å². The number of aliphatic carboxylic acids is 1. The van der Waals surface area contributed by atoms with Gasteiger partial charge in [0.25, 0.3) is 0 Å². The van der Waals surface area contributed by atoms with Gasteiger partial charge in [0.2, 0.25) is 0 Å². The lowest BCUT2D eigenvalue weighted by molar-refractivity contribution is -0.148. The minimum absolute atomic E-state index is 0.105. The predicted molar refractivity (Wildman–Crippen MR) is 61.1 cm³/mol. The van der Waals surface area contributed by atoms with E-state index in [1.807, 2.05) is 0 Å². The van der Waals surface area contributed by atoms with E-state index in [2.05, 4.69) is 0 Å². The highest BCUT2D eigenvalue weighted by molar-refractivity contribution is 6.01. The van der Waals surface area contributed by atoms with Gasteiger partial charge in [-0.3, -0.25) is 9.69 Å². The molecular formula is C12H17NO5. The van der Waals surface area contributed by atoms with E-state index in [1.165, 1.54) is 0 Å². The number of ketones is 1. The Labute approximate surface area is 105 Å². The van der Waals surface area contributed by atoms with Crippen molar-refractivity contribution >= 4 is 17.8 Å². The average Bonchev–Trinajstić information content (AvgIpc) is 2.67. The summed E-state index contributed by atoms with van der Waals surface area (Å²) in [6, 6.07) is -0.629. The van der Waals surface area contributed by atoms with Crippen LogP contribution in [0.5, 0.6) is 0 Å². The summed E-state index contributed by atoms with van der Waals surface area (Å²) in [5, 5.41) is 9.32. The topological polar surface area (TPSA) is 83.9 Å². The molecule has 18 heavy (non-hydrogen) atoms. The van der Waals surface area contributed by atoms with E-state index in [9.17, 15) is 19.5 Å². The van der Waals surface area contributed by atoms with E-state index < -0.39 is 29.2 Å². The Morgan fingerprint density at radius 3 is 2.50 bits per heavy atom. The zero-order valence-electron chi connectivity index (χ0n) is 10.7. The van der Waals surface area contributed by atoms with Crippen molar-refractivity contribution < 1.29 is 24.2 Å². The molecule has 2 aliphatic rings. The molecule has 6 heteroatoms. The lowest BCUT2D eigenvalue weighted by Crippen LogP contribution is -2.52. The van der Waals surface area contributed by atoms with Gasteiger partial charge in [-0.15, -0.1) is 0 Å². The van der Waals surface area contributed by atoms with Gasteiger partial charge in [-0.05, 0) is 33.6 Å². The molecule has 0 aromatic carbocycles. The molecule has 0 unspecified atom stereocenters. The van der Waals surface area contributed by atoms with E-state index in [1.54, 1.807) is 20.8 Å². The van der Waals surface area contributed by atoms with E-state index in [0.29, 0.717) is 12.8 Å². The number of carbonyl (C=O) groups excluding carboxylic acids is 2. The Hall–Kier alpha value is -1.59. The average molecular weight is 255 g/mol.